The lowest BCUT2D eigenvalue weighted by Gasteiger charge is -2.32. The van der Waals surface area contributed by atoms with Crippen molar-refractivity contribution in [2.24, 2.45) is 0 Å². The van der Waals surface area contributed by atoms with Crippen LogP contribution in [0.15, 0.2) is 30.3 Å². The molecule has 0 unspecified atom stereocenters. The van der Waals surface area contributed by atoms with Gasteiger partial charge in [0.05, 0.1) is 12.7 Å². The Balaban J connectivity index is 1.23. The van der Waals surface area contributed by atoms with E-state index in [0.717, 1.165) is 62.1 Å². The molecule has 2 aromatic heterocycles. The average molecular weight is 502 g/mol. The van der Waals surface area contributed by atoms with Crippen molar-refractivity contribution in [3.63, 3.8) is 0 Å². The number of rotatable bonds is 4. The van der Waals surface area contributed by atoms with Crippen LogP contribution in [-0.4, -0.2) is 68.2 Å². The molecule has 5 heterocycles. The number of nitrogens with zero attached hydrogens (tertiary/aromatic N) is 6. The molecule has 10 nitrogen and oxygen atoms in total. The van der Waals surface area contributed by atoms with Crippen LogP contribution in [0.5, 0.6) is 5.75 Å². The molecule has 192 valence electrons. The van der Waals surface area contributed by atoms with E-state index in [1.807, 2.05) is 34.1 Å². The van der Waals surface area contributed by atoms with E-state index in [2.05, 4.69) is 32.0 Å². The van der Waals surface area contributed by atoms with Crippen molar-refractivity contribution in [2.45, 2.75) is 51.6 Å². The molecule has 1 fully saturated rings. The van der Waals surface area contributed by atoms with Crippen LogP contribution in [0.4, 0.5) is 10.6 Å². The number of hydrogen-bond acceptors (Lipinski definition) is 6. The lowest BCUT2D eigenvalue weighted by molar-refractivity contribution is 0.102. The number of pyridine rings is 1. The number of likely N-dealkylation sites (tertiary alicyclic amines) is 1. The number of aryl methyl sites for hydroxylation is 1. The summed E-state index contributed by atoms with van der Waals surface area (Å²) < 4.78 is 7.70. The summed E-state index contributed by atoms with van der Waals surface area (Å²) in [4.78, 5) is 34.8. The summed E-state index contributed by atoms with van der Waals surface area (Å²) in [6.45, 7) is 4.94. The fourth-order valence-corrected chi connectivity index (χ4v) is 5.62. The Hall–Kier alpha value is -3.95. The Morgan fingerprint density at radius 1 is 1.03 bits per heavy atom. The fraction of sp³-hybridized carbons (Fsp3) is 0.444. The maximum atomic E-state index is 13.4. The van der Waals surface area contributed by atoms with Gasteiger partial charge in [0.15, 0.2) is 5.82 Å². The summed E-state index contributed by atoms with van der Waals surface area (Å²) in [7, 11) is 1.57. The average Bonchev–Trinajstić information content (AvgIpc) is 3.67. The Kier molecular flexibility index (Phi) is 6.02. The number of methoxy groups -OCH3 is 1. The predicted octanol–water partition coefficient (Wildman–Crippen LogP) is 3.68. The van der Waals surface area contributed by atoms with Crippen LogP contribution in [0.3, 0.4) is 0 Å². The Labute approximate surface area is 215 Å². The fourth-order valence-electron chi connectivity index (χ4n) is 5.62. The van der Waals surface area contributed by atoms with Gasteiger partial charge in [-0.2, -0.15) is 0 Å². The number of carbonyl (C=O) groups is 2. The van der Waals surface area contributed by atoms with E-state index >= 15 is 0 Å². The number of carbonyl (C=O) groups excluding carboxylic acids is 2. The lowest BCUT2D eigenvalue weighted by atomic mass is 9.96. The highest BCUT2D eigenvalue weighted by atomic mass is 16.5. The van der Waals surface area contributed by atoms with Crippen LogP contribution in [-0.2, 0) is 19.4 Å². The molecule has 3 amide bonds. The highest BCUT2D eigenvalue weighted by Crippen LogP contribution is 2.31. The number of hydrogen-bond donors (Lipinski definition) is 1. The van der Waals surface area contributed by atoms with Crippen LogP contribution in [0, 0.1) is 0 Å². The van der Waals surface area contributed by atoms with Gasteiger partial charge in [0.2, 0.25) is 0 Å². The molecule has 0 spiro atoms. The second kappa shape index (κ2) is 9.49. The highest BCUT2D eigenvalue weighted by Gasteiger charge is 2.29. The molecule has 0 radical (unpaired) electrons. The van der Waals surface area contributed by atoms with Crippen molar-refractivity contribution in [3.8, 4) is 17.3 Å². The summed E-state index contributed by atoms with van der Waals surface area (Å²) in [6, 6.07) is 9.66. The summed E-state index contributed by atoms with van der Waals surface area (Å²) in [5.41, 5.74) is 3.16. The number of benzene rings is 1. The Morgan fingerprint density at radius 2 is 1.86 bits per heavy atom. The SMILES string of the molecule is COc1cc2c(cc1C(=O)Nc1cccc(-c3nnc4n3[C@@H](C)CC4)n1)CN(C(=O)N1CCCC1)CC2. The maximum Gasteiger partial charge on any atom is 0.320 e. The van der Waals surface area contributed by atoms with Crippen molar-refractivity contribution >= 4 is 17.8 Å². The number of anilines is 1. The second-order valence-electron chi connectivity index (χ2n) is 10.0. The molecular weight excluding hydrogens is 470 g/mol. The van der Waals surface area contributed by atoms with Gasteiger partial charge in [0.25, 0.3) is 5.91 Å². The minimum atomic E-state index is -0.313. The van der Waals surface area contributed by atoms with E-state index in [1.165, 1.54) is 0 Å². The molecule has 3 aliphatic rings. The zero-order valence-corrected chi connectivity index (χ0v) is 21.2. The van der Waals surface area contributed by atoms with Gasteiger partial charge in [0, 0.05) is 38.6 Å². The predicted molar refractivity (Wildman–Crippen MR) is 138 cm³/mol. The topological polar surface area (TPSA) is 105 Å². The van der Waals surface area contributed by atoms with Gasteiger partial charge in [-0.15, -0.1) is 10.2 Å². The lowest BCUT2D eigenvalue weighted by Crippen LogP contribution is -2.44. The zero-order valence-electron chi connectivity index (χ0n) is 21.2. The number of aromatic nitrogens is 4. The number of ether oxygens (including phenoxy) is 1. The first-order valence-electron chi connectivity index (χ1n) is 13.0. The van der Waals surface area contributed by atoms with E-state index in [9.17, 15) is 9.59 Å². The smallest absolute Gasteiger partial charge is 0.320 e. The maximum absolute atomic E-state index is 13.4. The first-order chi connectivity index (χ1) is 18.0. The summed E-state index contributed by atoms with van der Waals surface area (Å²) in [5.74, 6) is 2.30. The zero-order chi connectivity index (χ0) is 25.5. The second-order valence-corrected chi connectivity index (χ2v) is 10.0. The van der Waals surface area contributed by atoms with Crippen LogP contribution >= 0.6 is 0 Å². The van der Waals surface area contributed by atoms with E-state index < -0.39 is 0 Å². The van der Waals surface area contributed by atoms with Gasteiger partial charge >= 0.3 is 6.03 Å². The van der Waals surface area contributed by atoms with Crippen LogP contribution in [0.1, 0.15) is 59.5 Å². The van der Waals surface area contributed by atoms with Gasteiger partial charge in [-0.1, -0.05) is 6.07 Å². The van der Waals surface area contributed by atoms with Crippen LogP contribution < -0.4 is 10.1 Å². The normalized spacial score (nSPS) is 18.5. The Morgan fingerprint density at radius 3 is 2.68 bits per heavy atom. The van der Waals surface area contributed by atoms with Crippen molar-refractivity contribution in [1.82, 2.24) is 29.5 Å². The number of fused-ring (bicyclic) bond motifs is 2. The van der Waals surface area contributed by atoms with E-state index in [0.29, 0.717) is 47.8 Å². The molecule has 0 saturated carbocycles. The number of urea groups is 1. The van der Waals surface area contributed by atoms with Gasteiger partial charge in [-0.25, -0.2) is 9.78 Å². The molecule has 1 atom stereocenters. The standard InChI is InChI=1S/C27H31N7O3/c1-17-8-9-24-30-31-25(34(17)24)21-6-5-7-23(28-21)29-26(35)20-14-19-16-33(27(36)32-11-3-4-12-32)13-10-18(19)15-22(20)37-2/h5-7,14-15,17H,3-4,8-13,16H2,1-2H3,(H,28,29,35)/t17-/m0/s1. The third-order valence-corrected chi connectivity index (χ3v) is 7.64. The number of nitrogens with one attached hydrogen (secondary N) is 1. The van der Waals surface area contributed by atoms with Gasteiger partial charge in [-0.3, -0.25) is 4.79 Å². The summed E-state index contributed by atoms with van der Waals surface area (Å²) in [6.07, 6.45) is 4.80. The molecule has 0 aliphatic carbocycles. The molecule has 1 saturated heterocycles. The van der Waals surface area contributed by atoms with E-state index in [1.54, 1.807) is 13.2 Å². The monoisotopic (exact) mass is 501 g/mol. The highest BCUT2D eigenvalue weighted by molar-refractivity contribution is 6.06. The molecule has 3 aliphatic heterocycles. The summed E-state index contributed by atoms with van der Waals surface area (Å²) in [5, 5.41) is 11.6. The summed E-state index contributed by atoms with van der Waals surface area (Å²) >= 11 is 0. The molecule has 37 heavy (non-hydrogen) atoms. The van der Waals surface area contributed by atoms with Gasteiger partial charge in [0.1, 0.15) is 23.1 Å². The van der Waals surface area contributed by atoms with Crippen molar-refractivity contribution in [2.75, 3.05) is 32.1 Å². The molecule has 3 aromatic rings. The molecule has 6 rings (SSSR count). The third-order valence-electron chi connectivity index (χ3n) is 7.64. The van der Waals surface area contributed by atoms with Crippen LogP contribution in [0.2, 0.25) is 0 Å². The molecule has 0 bridgehead atoms. The molecule has 1 N–H and O–H groups in total. The first kappa shape index (κ1) is 23.4. The molecule has 1 aromatic carbocycles. The van der Waals surface area contributed by atoms with Gasteiger partial charge < -0.3 is 24.4 Å². The molecule has 10 heteroatoms. The quantitative estimate of drug-likeness (QED) is 0.585. The third kappa shape index (κ3) is 4.30. The van der Waals surface area contributed by atoms with Crippen molar-refractivity contribution in [1.29, 1.82) is 0 Å². The minimum Gasteiger partial charge on any atom is -0.496 e. The first-order valence-corrected chi connectivity index (χ1v) is 13.0. The Bertz CT molecular complexity index is 1360. The minimum absolute atomic E-state index is 0.0836. The van der Waals surface area contributed by atoms with Gasteiger partial charge in [-0.05, 0) is 68.0 Å². The van der Waals surface area contributed by atoms with E-state index in [-0.39, 0.29) is 11.9 Å². The van der Waals surface area contributed by atoms with Crippen molar-refractivity contribution < 1.29 is 14.3 Å². The molecular formula is C27H31N7O3. The van der Waals surface area contributed by atoms with Crippen molar-refractivity contribution in [3.05, 3.63) is 52.8 Å². The number of amides is 3. The largest absolute Gasteiger partial charge is 0.496 e. The van der Waals surface area contributed by atoms with E-state index in [4.69, 9.17) is 4.74 Å². The van der Waals surface area contributed by atoms with Crippen LogP contribution in [0.25, 0.3) is 11.5 Å².